The van der Waals surface area contributed by atoms with Crippen molar-refractivity contribution in [1.82, 2.24) is 9.13 Å². The van der Waals surface area contributed by atoms with Gasteiger partial charge >= 0.3 is 0 Å². The number of para-hydroxylation sites is 1. The molecule has 0 atom stereocenters. The molecule has 3 nitrogen and oxygen atoms in total. The number of rotatable bonds is 13. The highest BCUT2D eigenvalue weighted by Crippen LogP contribution is 2.43. The fourth-order valence-corrected chi connectivity index (χ4v) is 24.7. The largest absolute Gasteiger partial charge is 0.310 e. The number of aromatic nitrogens is 2. The molecule has 0 fully saturated rings. The monoisotopic (exact) mass is 1190 g/mol. The molecule has 17 aromatic rings. The predicted molar refractivity (Wildman–Crippen MR) is 392 cm³/mol. The van der Waals surface area contributed by atoms with E-state index in [1.807, 2.05) is 0 Å². The zero-order valence-electron chi connectivity index (χ0n) is 50.1. The van der Waals surface area contributed by atoms with Crippen molar-refractivity contribution in [3.63, 3.8) is 0 Å². The van der Waals surface area contributed by atoms with Crippen LogP contribution in [0.3, 0.4) is 0 Å². The Bertz CT molecular complexity index is 5000. The molecule has 91 heavy (non-hydrogen) atoms. The van der Waals surface area contributed by atoms with Crippen LogP contribution in [0.4, 0.5) is 17.1 Å². The van der Waals surface area contributed by atoms with E-state index in [0.717, 1.165) is 50.5 Å². The Morgan fingerprint density at radius 3 is 0.791 bits per heavy atom. The standard InChI is InChI=1S/C86H61N3Si2/c1-8-30-66(31-9-1)87(69-48-52-83-79(58-69)81-60-77(50-54-85(81)88(83)67-46-44-62-26-22-24-28-64(62)56-67)90(71-32-10-2-11-33-71,72-34-12-3-13-35-72)73-36-14-4-15-37-73)70-49-53-84-80(59-70)82-61-78(51-55-86(82)89(84)68-47-45-63-27-23-25-29-65(63)57-68)91(74-38-16-5-17-39-74,75-40-18-6-19-41-75)76-42-20-7-21-43-76/h1-61H. The van der Waals surface area contributed by atoms with E-state index in [-0.39, 0.29) is 0 Å². The number of hydrogen-bond acceptors (Lipinski definition) is 1. The molecule has 15 aromatic carbocycles. The molecule has 2 aromatic heterocycles. The summed E-state index contributed by atoms with van der Waals surface area (Å²) in [4.78, 5) is 2.47. The second-order valence-electron chi connectivity index (χ2n) is 24.0. The van der Waals surface area contributed by atoms with Gasteiger partial charge in [-0.3, -0.25) is 0 Å². The van der Waals surface area contributed by atoms with Crippen molar-refractivity contribution in [3.05, 3.63) is 370 Å². The first kappa shape index (κ1) is 53.9. The van der Waals surface area contributed by atoms with Crippen LogP contribution in [-0.2, 0) is 0 Å². The third-order valence-electron chi connectivity index (χ3n) is 19.1. The zero-order chi connectivity index (χ0) is 60.3. The Balaban J connectivity index is 0.931. The van der Waals surface area contributed by atoms with E-state index in [1.54, 1.807) is 0 Å². The molecule has 0 bridgehead atoms. The van der Waals surface area contributed by atoms with Gasteiger partial charge in [0.05, 0.1) is 22.1 Å². The molecule has 0 aliphatic heterocycles. The van der Waals surface area contributed by atoms with Gasteiger partial charge < -0.3 is 14.0 Å². The third-order valence-corrected chi connectivity index (χ3v) is 28.7. The van der Waals surface area contributed by atoms with E-state index in [1.165, 1.54) is 84.6 Å². The molecular formula is C86H61N3Si2. The van der Waals surface area contributed by atoms with Crippen LogP contribution in [0.25, 0.3) is 76.5 Å². The van der Waals surface area contributed by atoms with Gasteiger partial charge in [0.2, 0.25) is 0 Å². The summed E-state index contributed by atoms with van der Waals surface area (Å²) >= 11 is 0. The second-order valence-corrected chi connectivity index (χ2v) is 31.6. The minimum absolute atomic E-state index is 1.07. The summed E-state index contributed by atoms with van der Waals surface area (Å²) in [7, 11) is -5.86. The van der Waals surface area contributed by atoms with Crippen molar-refractivity contribution >= 4 is 140 Å². The van der Waals surface area contributed by atoms with Gasteiger partial charge in [0, 0.05) is 50.0 Å². The molecule has 0 saturated carbocycles. The van der Waals surface area contributed by atoms with Gasteiger partial charge in [0.25, 0.3) is 0 Å². The molecule has 0 radical (unpaired) electrons. The average Bonchev–Trinajstić information content (AvgIpc) is 1.75. The highest BCUT2D eigenvalue weighted by molar-refractivity contribution is 7.20. The van der Waals surface area contributed by atoms with E-state index in [2.05, 4.69) is 384 Å². The summed E-state index contributed by atoms with van der Waals surface area (Å²) < 4.78 is 4.98. The minimum Gasteiger partial charge on any atom is -0.310 e. The molecule has 428 valence electrons. The lowest BCUT2D eigenvalue weighted by atomic mass is 10.1. The van der Waals surface area contributed by atoms with Crippen molar-refractivity contribution in [1.29, 1.82) is 0 Å². The van der Waals surface area contributed by atoms with Crippen molar-refractivity contribution in [2.24, 2.45) is 0 Å². The Morgan fingerprint density at radius 1 is 0.187 bits per heavy atom. The molecule has 17 rings (SSSR count). The zero-order valence-corrected chi connectivity index (χ0v) is 52.1. The molecule has 0 aliphatic rings. The molecular weight excluding hydrogens is 1130 g/mol. The summed E-state index contributed by atoms with van der Waals surface area (Å²) in [5.74, 6) is 0. The molecule has 2 heterocycles. The Kier molecular flexibility index (Phi) is 13.2. The number of fused-ring (bicyclic) bond motifs is 8. The van der Waals surface area contributed by atoms with Crippen molar-refractivity contribution < 1.29 is 0 Å². The fraction of sp³-hybridized carbons (Fsp3) is 0. The van der Waals surface area contributed by atoms with E-state index < -0.39 is 16.1 Å². The number of nitrogens with zero attached hydrogens (tertiary/aromatic N) is 3. The smallest absolute Gasteiger partial charge is 0.179 e. The molecule has 0 N–H and O–H groups in total. The molecule has 0 spiro atoms. The normalized spacial score (nSPS) is 12.0. The van der Waals surface area contributed by atoms with Crippen LogP contribution in [0, 0.1) is 0 Å². The minimum atomic E-state index is -2.93. The molecule has 0 amide bonds. The van der Waals surface area contributed by atoms with E-state index >= 15 is 0 Å². The highest BCUT2D eigenvalue weighted by atomic mass is 28.3. The predicted octanol–water partition coefficient (Wildman–Crippen LogP) is 16.4. The summed E-state index contributed by atoms with van der Waals surface area (Å²) in [6.45, 7) is 0. The first-order valence-corrected chi connectivity index (χ1v) is 35.5. The first-order chi connectivity index (χ1) is 45.1. The SMILES string of the molecule is c1ccc(N(c2ccc3c(c2)c2cc([Si](c4ccccc4)(c4ccccc4)c4ccccc4)ccc2n3-c2ccc3ccccc3c2)c2ccc3c(c2)c2cc([Si](c4ccccc4)(c4ccccc4)c4ccccc4)ccc2n3-c2ccc3ccccc3c2)cc1. The number of anilines is 3. The first-order valence-electron chi connectivity index (χ1n) is 31.5. The summed E-state index contributed by atoms with van der Waals surface area (Å²) in [5.41, 5.74) is 10.1. The number of benzene rings is 15. The summed E-state index contributed by atoms with van der Waals surface area (Å²) in [5, 5.41) is 20.4. The van der Waals surface area contributed by atoms with Crippen LogP contribution < -0.4 is 46.4 Å². The van der Waals surface area contributed by atoms with Crippen LogP contribution in [0.5, 0.6) is 0 Å². The van der Waals surface area contributed by atoms with Crippen LogP contribution in [0.1, 0.15) is 0 Å². The second kappa shape index (κ2) is 22.4. The van der Waals surface area contributed by atoms with Crippen LogP contribution >= 0.6 is 0 Å². The third kappa shape index (κ3) is 8.84. The van der Waals surface area contributed by atoms with Crippen LogP contribution in [-0.4, -0.2) is 25.3 Å². The summed E-state index contributed by atoms with van der Waals surface area (Å²) in [6, 6.07) is 139. The van der Waals surface area contributed by atoms with Gasteiger partial charge in [-0.25, -0.2) is 0 Å². The maximum Gasteiger partial charge on any atom is 0.179 e. The highest BCUT2D eigenvalue weighted by Gasteiger charge is 2.43. The number of hydrogen-bond donors (Lipinski definition) is 0. The van der Waals surface area contributed by atoms with Gasteiger partial charge in [-0.15, -0.1) is 0 Å². The lowest BCUT2D eigenvalue weighted by Gasteiger charge is -2.34. The van der Waals surface area contributed by atoms with Crippen LogP contribution in [0.15, 0.2) is 370 Å². The maximum absolute atomic E-state index is 2.93. The molecule has 0 aliphatic carbocycles. The van der Waals surface area contributed by atoms with Crippen molar-refractivity contribution in [2.45, 2.75) is 0 Å². The molecule has 0 saturated heterocycles. The van der Waals surface area contributed by atoms with E-state index in [0.29, 0.717) is 0 Å². The maximum atomic E-state index is 2.56. The van der Waals surface area contributed by atoms with E-state index in [9.17, 15) is 0 Å². The average molecular weight is 1190 g/mol. The Labute approximate surface area is 531 Å². The van der Waals surface area contributed by atoms with Gasteiger partial charge in [-0.2, -0.15) is 0 Å². The van der Waals surface area contributed by atoms with Crippen molar-refractivity contribution in [2.75, 3.05) is 4.90 Å². The Hall–Kier alpha value is -11.3. The van der Waals surface area contributed by atoms with E-state index in [4.69, 9.17) is 0 Å². The van der Waals surface area contributed by atoms with Gasteiger partial charge in [-0.05, 0) is 148 Å². The molecule has 0 unspecified atom stereocenters. The van der Waals surface area contributed by atoms with Gasteiger partial charge in [0.1, 0.15) is 0 Å². The van der Waals surface area contributed by atoms with Gasteiger partial charge in [-0.1, -0.05) is 285 Å². The quantitative estimate of drug-likeness (QED) is 0.0828. The van der Waals surface area contributed by atoms with Gasteiger partial charge in [0.15, 0.2) is 16.1 Å². The Morgan fingerprint density at radius 2 is 0.462 bits per heavy atom. The van der Waals surface area contributed by atoms with Crippen molar-refractivity contribution in [3.8, 4) is 11.4 Å². The van der Waals surface area contributed by atoms with Crippen LogP contribution in [0.2, 0.25) is 0 Å². The topological polar surface area (TPSA) is 13.1 Å². The summed E-state index contributed by atoms with van der Waals surface area (Å²) in [6.07, 6.45) is 0. The fourth-order valence-electron chi connectivity index (χ4n) is 15.1. The lowest BCUT2D eigenvalue weighted by molar-refractivity contribution is 1.18. The lowest BCUT2D eigenvalue weighted by Crippen LogP contribution is -2.74. The molecule has 5 heteroatoms.